The molecular weight excluding hydrogens is 254 g/mol. The van der Waals surface area contributed by atoms with Crippen molar-refractivity contribution in [2.45, 2.75) is 45.8 Å². The average molecular weight is 273 g/mol. The van der Waals surface area contributed by atoms with Gasteiger partial charge in [-0.05, 0) is 34.6 Å². The fourth-order valence-corrected chi connectivity index (χ4v) is 0.801. The minimum absolute atomic E-state index is 0.711. The van der Waals surface area contributed by atoms with Crippen molar-refractivity contribution >= 4 is 23.5 Å². The maximum absolute atomic E-state index is 11.8. The molecule has 0 saturated heterocycles. The molecule has 0 saturated carbocycles. The van der Waals surface area contributed by atoms with Gasteiger partial charge in [-0.15, -0.1) is 0 Å². The third-order valence-corrected chi connectivity index (χ3v) is 1.71. The van der Waals surface area contributed by atoms with E-state index < -0.39 is 34.7 Å². The second-order valence-electron chi connectivity index (χ2n) is 5.26. The molecule has 0 atom stereocenters. The molecule has 8 heteroatoms. The number of ether oxygens (including phenoxy) is 1. The number of carbonyl (C=O) groups is 2. The highest BCUT2D eigenvalue weighted by Crippen LogP contribution is 2.17. The van der Waals surface area contributed by atoms with Gasteiger partial charge in [-0.1, -0.05) is 5.16 Å². The summed E-state index contributed by atoms with van der Waals surface area (Å²) in [5.74, 6) is -3.00. The lowest BCUT2D eigenvalue weighted by atomic mass is 10.1. The van der Waals surface area contributed by atoms with Crippen LogP contribution in [-0.4, -0.2) is 39.8 Å². The number of nitrogens with one attached hydrogen (secondary N) is 1. The Kier molecular flexibility index (Phi) is 5.05. The molecule has 0 aliphatic rings. The van der Waals surface area contributed by atoms with Crippen molar-refractivity contribution in [3.8, 4) is 0 Å². The monoisotopic (exact) mass is 273 g/mol. The van der Waals surface area contributed by atoms with E-state index in [0.29, 0.717) is 0 Å². The summed E-state index contributed by atoms with van der Waals surface area (Å²) >= 11 is 0. The Balaban J connectivity index is 4.96. The van der Waals surface area contributed by atoms with Crippen LogP contribution in [-0.2, 0) is 19.2 Å². The minimum atomic E-state index is -1.52. The number of nitrogens with zero attached hydrogens (tertiary/aromatic N) is 1. The summed E-state index contributed by atoms with van der Waals surface area (Å²) < 4.78 is 5.09. The molecule has 0 aromatic carbocycles. The van der Waals surface area contributed by atoms with Gasteiger partial charge in [0.2, 0.25) is 11.3 Å². The quantitative estimate of drug-likeness (QED) is 0.289. The van der Waals surface area contributed by atoms with Crippen LogP contribution in [0, 0.1) is 5.41 Å². The predicted octanol–water partition coefficient (Wildman–Crippen LogP) is 0.500. The Labute approximate surface area is 111 Å². The highest BCUT2D eigenvalue weighted by molar-refractivity contribution is 6.63. The number of hydrogen-bond acceptors (Lipinski definition) is 6. The van der Waals surface area contributed by atoms with Crippen LogP contribution < -0.4 is 5.73 Å². The summed E-state index contributed by atoms with van der Waals surface area (Å²) in [5, 5.41) is 18.9. The molecule has 4 N–H and O–H groups in total. The summed E-state index contributed by atoms with van der Waals surface area (Å²) in [5.41, 5.74) is 2.03. The number of esters is 1. The molecule has 0 radical (unpaired) electrons. The molecule has 0 fully saturated rings. The van der Waals surface area contributed by atoms with Crippen LogP contribution in [0.3, 0.4) is 0 Å². The van der Waals surface area contributed by atoms with E-state index in [0.717, 1.165) is 0 Å². The molecule has 0 amide bonds. The third-order valence-electron chi connectivity index (χ3n) is 1.71. The Bertz CT molecular complexity index is 405. The van der Waals surface area contributed by atoms with Crippen LogP contribution >= 0.6 is 0 Å². The maximum Gasteiger partial charge on any atom is 0.361 e. The zero-order valence-electron chi connectivity index (χ0n) is 11.6. The van der Waals surface area contributed by atoms with Crippen LogP contribution in [0.2, 0.25) is 0 Å². The number of rotatable bonds is 5. The van der Waals surface area contributed by atoms with E-state index in [1.54, 1.807) is 20.8 Å². The smallest absolute Gasteiger partial charge is 0.361 e. The first-order valence-electron chi connectivity index (χ1n) is 5.44. The highest BCUT2D eigenvalue weighted by Gasteiger charge is 2.35. The third kappa shape index (κ3) is 5.84. The highest BCUT2D eigenvalue weighted by atomic mass is 16.7. The molecule has 0 aliphatic heterocycles. The summed E-state index contributed by atoms with van der Waals surface area (Å²) in [7, 11) is 0. The number of carboxylic acids is 1. The van der Waals surface area contributed by atoms with Gasteiger partial charge in [0, 0.05) is 0 Å². The Morgan fingerprint density at radius 3 is 2.00 bits per heavy atom. The fourth-order valence-electron chi connectivity index (χ4n) is 0.801. The molecule has 0 aromatic rings. The van der Waals surface area contributed by atoms with E-state index >= 15 is 0 Å². The molecule has 0 spiro atoms. The molecule has 19 heavy (non-hydrogen) atoms. The Morgan fingerprint density at radius 2 is 1.68 bits per heavy atom. The van der Waals surface area contributed by atoms with Gasteiger partial charge in [-0.25, -0.2) is 9.59 Å². The van der Waals surface area contributed by atoms with Gasteiger partial charge in [-0.3, -0.25) is 5.41 Å². The van der Waals surface area contributed by atoms with Crippen molar-refractivity contribution in [3.63, 3.8) is 0 Å². The zero-order chi connectivity index (χ0) is 15.4. The molecule has 0 bridgehead atoms. The Morgan fingerprint density at radius 1 is 1.21 bits per heavy atom. The number of nitrogens with two attached hydrogens (primary N) is 1. The van der Waals surface area contributed by atoms with Gasteiger partial charge in [0.1, 0.15) is 5.60 Å². The average Bonchev–Trinajstić information content (AvgIpc) is 2.13. The molecule has 108 valence electrons. The number of oxime groups is 1. The molecular formula is C11H19N3O5. The van der Waals surface area contributed by atoms with E-state index in [-0.39, 0.29) is 0 Å². The summed E-state index contributed by atoms with van der Waals surface area (Å²) in [6.45, 7) is 7.78. The zero-order valence-corrected chi connectivity index (χ0v) is 11.6. The van der Waals surface area contributed by atoms with Crippen molar-refractivity contribution in [2.75, 3.05) is 0 Å². The van der Waals surface area contributed by atoms with Crippen LogP contribution in [0.15, 0.2) is 5.16 Å². The number of hydrogen-bond donors (Lipinski definition) is 3. The SMILES string of the molecule is CC(C)(C)OC(=O)C(C)(C)O/N=C(\C(=N)N)C(=O)O. The van der Waals surface area contributed by atoms with Gasteiger partial charge >= 0.3 is 11.9 Å². The van der Waals surface area contributed by atoms with Crippen LogP contribution in [0.25, 0.3) is 0 Å². The van der Waals surface area contributed by atoms with E-state index in [1.165, 1.54) is 13.8 Å². The van der Waals surface area contributed by atoms with Crippen LogP contribution in [0.4, 0.5) is 0 Å². The van der Waals surface area contributed by atoms with E-state index in [9.17, 15) is 9.59 Å². The topological polar surface area (TPSA) is 135 Å². The normalized spacial score (nSPS) is 12.8. The van der Waals surface area contributed by atoms with Crippen molar-refractivity contribution in [1.29, 1.82) is 5.41 Å². The van der Waals surface area contributed by atoms with Gasteiger partial charge < -0.3 is 20.4 Å². The number of carboxylic acid groups (broad SMARTS) is 1. The first-order valence-corrected chi connectivity index (χ1v) is 5.44. The van der Waals surface area contributed by atoms with E-state index in [2.05, 4.69) is 5.16 Å². The summed E-state index contributed by atoms with van der Waals surface area (Å²) in [6, 6.07) is 0. The van der Waals surface area contributed by atoms with Crippen molar-refractivity contribution in [3.05, 3.63) is 0 Å². The van der Waals surface area contributed by atoms with Gasteiger partial charge in [0.05, 0.1) is 0 Å². The van der Waals surface area contributed by atoms with Gasteiger partial charge in [0.25, 0.3) is 0 Å². The van der Waals surface area contributed by atoms with E-state index in [1.807, 2.05) is 0 Å². The lowest BCUT2D eigenvalue weighted by molar-refractivity contribution is -0.179. The first kappa shape index (κ1) is 16.9. The number of carbonyl (C=O) groups excluding carboxylic acids is 1. The second-order valence-corrected chi connectivity index (χ2v) is 5.26. The predicted molar refractivity (Wildman–Crippen MR) is 68.0 cm³/mol. The first-order chi connectivity index (χ1) is 8.37. The minimum Gasteiger partial charge on any atom is -0.476 e. The van der Waals surface area contributed by atoms with Crippen molar-refractivity contribution in [1.82, 2.24) is 0 Å². The summed E-state index contributed by atoms with van der Waals surface area (Å²) in [4.78, 5) is 27.3. The van der Waals surface area contributed by atoms with Gasteiger partial charge in [0.15, 0.2) is 5.84 Å². The molecule has 8 nitrogen and oxygen atoms in total. The lowest BCUT2D eigenvalue weighted by Crippen LogP contribution is -2.41. The largest absolute Gasteiger partial charge is 0.476 e. The second kappa shape index (κ2) is 5.68. The molecule has 0 heterocycles. The number of amidine groups is 1. The molecule has 0 rings (SSSR count). The van der Waals surface area contributed by atoms with Gasteiger partial charge in [-0.2, -0.15) is 0 Å². The van der Waals surface area contributed by atoms with Crippen molar-refractivity contribution in [2.24, 2.45) is 10.9 Å². The van der Waals surface area contributed by atoms with Crippen LogP contribution in [0.5, 0.6) is 0 Å². The lowest BCUT2D eigenvalue weighted by Gasteiger charge is -2.26. The van der Waals surface area contributed by atoms with Crippen LogP contribution in [0.1, 0.15) is 34.6 Å². The molecule has 0 aliphatic carbocycles. The molecule has 0 unspecified atom stereocenters. The standard InChI is InChI=1S/C11H19N3O5/c1-10(2,3)18-9(17)11(4,5)19-14-6(7(12)13)8(15)16/h1-5H3,(H3,12,13)(H,15,16)/b14-6+. The van der Waals surface area contributed by atoms with E-state index in [4.69, 9.17) is 25.8 Å². The number of aliphatic carboxylic acids is 1. The molecule has 0 aromatic heterocycles. The van der Waals surface area contributed by atoms with Crippen molar-refractivity contribution < 1.29 is 24.3 Å². The Hall–Kier alpha value is -2.12. The summed E-state index contributed by atoms with van der Waals surface area (Å²) in [6.07, 6.45) is 0. The fraction of sp³-hybridized carbons (Fsp3) is 0.636. The maximum atomic E-state index is 11.8.